The molecular formula is C24H25NO5. The monoisotopic (exact) mass is 407 g/mol. The minimum absolute atomic E-state index is 0.182. The Bertz CT molecular complexity index is 988. The minimum atomic E-state index is -0.995. The highest BCUT2D eigenvalue weighted by molar-refractivity contribution is 5.89. The Balaban J connectivity index is 1.84. The van der Waals surface area contributed by atoms with Crippen LogP contribution in [0.15, 0.2) is 66.7 Å². The molecule has 0 heterocycles. The van der Waals surface area contributed by atoms with E-state index in [0.717, 1.165) is 11.1 Å². The lowest BCUT2D eigenvalue weighted by Gasteiger charge is -2.18. The van der Waals surface area contributed by atoms with Gasteiger partial charge in [0.05, 0.1) is 25.0 Å². The summed E-state index contributed by atoms with van der Waals surface area (Å²) in [6.45, 7) is 3.27. The molecule has 3 rings (SSSR count). The van der Waals surface area contributed by atoms with Gasteiger partial charge in [0.25, 0.3) is 0 Å². The Morgan fingerprint density at radius 1 is 0.967 bits per heavy atom. The van der Waals surface area contributed by atoms with Gasteiger partial charge in [0.2, 0.25) is 0 Å². The van der Waals surface area contributed by atoms with Gasteiger partial charge in [0, 0.05) is 12.1 Å². The standard InChI is InChI=1S/C24H25NO5/c1-3-29-22-11-7-10-19(23(22)30-16-17-8-5-4-6-9-17)15-25-20-14-18(24(26)27)12-13-21(20)28-2/h4-14,25H,3,15-16H2,1-2H3,(H,26,27). The molecule has 0 spiro atoms. The lowest BCUT2D eigenvalue weighted by atomic mass is 10.1. The number of carboxylic acid groups (broad SMARTS) is 1. The maximum atomic E-state index is 11.3. The number of nitrogens with one attached hydrogen (secondary N) is 1. The number of benzene rings is 3. The first-order chi connectivity index (χ1) is 14.6. The Labute approximate surface area is 176 Å². The van der Waals surface area contributed by atoms with Crippen LogP contribution < -0.4 is 19.5 Å². The van der Waals surface area contributed by atoms with E-state index < -0.39 is 5.97 Å². The summed E-state index contributed by atoms with van der Waals surface area (Å²) in [4.78, 5) is 11.3. The van der Waals surface area contributed by atoms with Gasteiger partial charge in [-0.15, -0.1) is 0 Å². The number of carboxylic acids is 1. The van der Waals surface area contributed by atoms with E-state index in [1.54, 1.807) is 19.2 Å². The molecule has 6 heteroatoms. The van der Waals surface area contributed by atoms with E-state index in [1.165, 1.54) is 6.07 Å². The Morgan fingerprint density at radius 3 is 2.47 bits per heavy atom. The van der Waals surface area contributed by atoms with Gasteiger partial charge >= 0.3 is 5.97 Å². The molecule has 30 heavy (non-hydrogen) atoms. The Morgan fingerprint density at radius 2 is 1.77 bits per heavy atom. The van der Waals surface area contributed by atoms with Gasteiger partial charge in [0.1, 0.15) is 12.4 Å². The first-order valence-corrected chi connectivity index (χ1v) is 9.69. The summed E-state index contributed by atoms with van der Waals surface area (Å²) in [5.41, 5.74) is 2.72. The van der Waals surface area contributed by atoms with Crippen LogP contribution in [0.4, 0.5) is 5.69 Å². The fraction of sp³-hybridized carbons (Fsp3) is 0.208. The molecule has 0 saturated heterocycles. The molecule has 0 atom stereocenters. The summed E-state index contributed by atoms with van der Waals surface area (Å²) in [5.74, 6) is 0.890. The van der Waals surface area contributed by atoms with Crippen LogP contribution in [0, 0.1) is 0 Å². The molecule has 0 bridgehead atoms. The van der Waals surface area contributed by atoms with Crippen molar-refractivity contribution in [1.82, 2.24) is 0 Å². The molecule has 3 aromatic rings. The third kappa shape index (κ3) is 5.23. The zero-order valence-electron chi connectivity index (χ0n) is 17.1. The third-order valence-corrected chi connectivity index (χ3v) is 4.50. The average molecular weight is 407 g/mol. The summed E-state index contributed by atoms with van der Waals surface area (Å²) < 4.78 is 17.2. The van der Waals surface area contributed by atoms with Crippen LogP contribution in [0.25, 0.3) is 0 Å². The van der Waals surface area contributed by atoms with Gasteiger partial charge in [-0.1, -0.05) is 42.5 Å². The normalized spacial score (nSPS) is 10.3. The van der Waals surface area contributed by atoms with E-state index >= 15 is 0 Å². The topological polar surface area (TPSA) is 77.0 Å². The number of anilines is 1. The largest absolute Gasteiger partial charge is 0.495 e. The zero-order chi connectivity index (χ0) is 21.3. The number of ether oxygens (including phenoxy) is 3. The molecule has 156 valence electrons. The van der Waals surface area contributed by atoms with Crippen molar-refractivity contribution in [2.45, 2.75) is 20.1 Å². The number of rotatable bonds is 10. The predicted molar refractivity (Wildman–Crippen MR) is 116 cm³/mol. The van der Waals surface area contributed by atoms with Gasteiger partial charge in [-0.2, -0.15) is 0 Å². The van der Waals surface area contributed by atoms with Crippen LogP contribution in [0.2, 0.25) is 0 Å². The van der Waals surface area contributed by atoms with Crippen LogP contribution in [0.5, 0.6) is 17.2 Å². The van der Waals surface area contributed by atoms with Crippen molar-refractivity contribution in [2.24, 2.45) is 0 Å². The number of carbonyl (C=O) groups is 1. The van der Waals surface area contributed by atoms with E-state index in [2.05, 4.69) is 5.32 Å². The molecule has 6 nitrogen and oxygen atoms in total. The van der Waals surface area contributed by atoms with Crippen molar-refractivity contribution in [2.75, 3.05) is 19.0 Å². The molecule has 0 unspecified atom stereocenters. The van der Waals surface area contributed by atoms with Crippen molar-refractivity contribution in [3.8, 4) is 17.2 Å². The zero-order valence-corrected chi connectivity index (χ0v) is 17.1. The number of para-hydroxylation sites is 1. The van der Waals surface area contributed by atoms with Crippen molar-refractivity contribution < 1.29 is 24.1 Å². The predicted octanol–water partition coefficient (Wildman–Crippen LogP) is 4.98. The molecule has 0 aliphatic carbocycles. The number of methoxy groups -OCH3 is 1. The molecular weight excluding hydrogens is 382 g/mol. The molecule has 0 saturated carbocycles. The molecule has 3 aromatic carbocycles. The molecule has 0 radical (unpaired) electrons. The second kappa shape index (κ2) is 10.2. The molecule has 0 fully saturated rings. The lowest BCUT2D eigenvalue weighted by molar-refractivity contribution is 0.0697. The van der Waals surface area contributed by atoms with Crippen molar-refractivity contribution in [3.05, 3.63) is 83.4 Å². The van der Waals surface area contributed by atoms with Crippen LogP contribution in [-0.4, -0.2) is 24.8 Å². The van der Waals surface area contributed by atoms with E-state index in [1.807, 2.05) is 55.5 Å². The lowest BCUT2D eigenvalue weighted by Crippen LogP contribution is -2.07. The fourth-order valence-electron chi connectivity index (χ4n) is 3.03. The molecule has 2 N–H and O–H groups in total. The van der Waals surface area contributed by atoms with Gasteiger partial charge in [0.15, 0.2) is 11.5 Å². The highest BCUT2D eigenvalue weighted by Crippen LogP contribution is 2.34. The van der Waals surface area contributed by atoms with E-state index in [4.69, 9.17) is 14.2 Å². The maximum Gasteiger partial charge on any atom is 0.335 e. The molecule has 0 aromatic heterocycles. The second-order valence-electron chi connectivity index (χ2n) is 6.53. The minimum Gasteiger partial charge on any atom is -0.495 e. The van der Waals surface area contributed by atoms with Crippen LogP contribution in [-0.2, 0) is 13.2 Å². The van der Waals surface area contributed by atoms with Gasteiger partial charge in [-0.3, -0.25) is 0 Å². The summed E-state index contributed by atoms with van der Waals surface area (Å²) in [6, 6.07) is 20.3. The molecule has 0 aliphatic heterocycles. The van der Waals surface area contributed by atoms with Crippen LogP contribution in [0.1, 0.15) is 28.4 Å². The van der Waals surface area contributed by atoms with Gasteiger partial charge in [-0.05, 0) is 36.8 Å². The summed E-state index contributed by atoms with van der Waals surface area (Å²) in [5, 5.41) is 12.5. The van der Waals surface area contributed by atoms with E-state index in [9.17, 15) is 9.90 Å². The van der Waals surface area contributed by atoms with Crippen LogP contribution >= 0.6 is 0 Å². The second-order valence-corrected chi connectivity index (χ2v) is 6.53. The first-order valence-electron chi connectivity index (χ1n) is 9.69. The number of hydrogen-bond donors (Lipinski definition) is 2. The highest BCUT2D eigenvalue weighted by Gasteiger charge is 2.14. The summed E-state index contributed by atoms with van der Waals surface area (Å²) in [6.07, 6.45) is 0. The van der Waals surface area contributed by atoms with Gasteiger partial charge < -0.3 is 24.6 Å². The quantitative estimate of drug-likeness (QED) is 0.493. The van der Waals surface area contributed by atoms with E-state index in [-0.39, 0.29) is 5.56 Å². The van der Waals surface area contributed by atoms with Crippen molar-refractivity contribution in [3.63, 3.8) is 0 Å². The Hall–Kier alpha value is -3.67. The van der Waals surface area contributed by atoms with Crippen molar-refractivity contribution >= 4 is 11.7 Å². The third-order valence-electron chi connectivity index (χ3n) is 4.50. The first kappa shape index (κ1) is 21.0. The maximum absolute atomic E-state index is 11.3. The van der Waals surface area contributed by atoms with Gasteiger partial charge in [-0.25, -0.2) is 4.79 Å². The summed E-state index contributed by atoms with van der Waals surface area (Å²) >= 11 is 0. The van der Waals surface area contributed by atoms with E-state index in [0.29, 0.717) is 42.7 Å². The van der Waals surface area contributed by atoms with Crippen LogP contribution in [0.3, 0.4) is 0 Å². The SMILES string of the molecule is CCOc1cccc(CNc2cc(C(=O)O)ccc2OC)c1OCc1ccccc1. The molecule has 0 aliphatic rings. The fourth-order valence-corrected chi connectivity index (χ4v) is 3.03. The number of aromatic carboxylic acids is 1. The molecule has 0 amide bonds. The van der Waals surface area contributed by atoms with Crippen molar-refractivity contribution in [1.29, 1.82) is 0 Å². The highest BCUT2D eigenvalue weighted by atomic mass is 16.5. The smallest absolute Gasteiger partial charge is 0.335 e. The Kier molecular flexibility index (Phi) is 7.16. The number of hydrogen-bond acceptors (Lipinski definition) is 5. The average Bonchev–Trinajstić information content (AvgIpc) is 2.77. The summed E-state index contributed by atoms with van der Waals surface area (Å²) in [7, 11) is 1.55.